The number of pyridine rings is 2. The van der Waals surface area contributed by atoms with Crippen LogP contribution in [0.15, 0.2) is 64.2 Å². The number of sulfonamides is 1. The third-order valence-electron chi connectivity index (χ3n) is 5.57. The summed E-state index contributed by atoms with van der Waals surface area (Å²) in [5.41, 5.74) is 0.407. The first kappa shape index (κ1) is 24.0. The molecule has 4 heterocycles. The zero-order valence-electron chi connectivity index (χ0n) is 18.0. The van der Waals surface area contributed by atoms with Crippen LogP contribution in [-0.4, -0.2) is 38.0 Å². The van der Waals surface area contributed by atoms with Crippen LogP contribution in [0.5, 0.6) is 0 Å². The summed E-state index contributed by atoms with van der Waals surface area (Å²) in [4.78, 5) is 7.62. The Morgan fingerprint density at radius 2 is 1.61 bits per heavy atom. The van der Waals surface area contributed by atoms with Crippen molar-refractivity contribution >= 4 is 10.0 Å². The molecule has 9 nitrogen and oxygen atoms in total. The molecule has 1 aromatic carbocycles. The molecule has 0 saturated carbocycles. The predicted octanol–water partition coefficient (Wildman–Crippen LogP) is 3.72. The minimum atomic E-state index is -4.31. The first-order valence-electron chi connectivity index (χ1n) is 10.3. The predicted molar refractivity (Wildman–Crippen MR) is 114 cm³/mol. The third-order valence-corrected chi connectivity index (χ3v) is 7.48. The molecule has 2 atom stereocenters. The van der Waals surface area contributed by atoms with Crippen molar-refractivity contribution in [1.82, 2.24) is 24.5 Å². The molecule has 1 N–H and O–H groups in total. The van der Waals surface area contributed by atoms with Gasteiger partial charge in [-0.3, -0.25) is 9.97 Å². The van der Waals surface area contributed by atoms with Crippen molar-refractivity contribution in [3.63, 3.8) is 0 Å². The topological polar surface area (TPSA) is 122 Å². The van der Waals surface area contributed by atoms with Crippen molar-refractivity contribution in [2.45, 2.75) is 30.0 Å². The lowest BCUT2D eigenvalue weighted by Crippen LogP contribution is -2.34. The van der Waals surface area contributed by atoms with E-state index in [4.69, 9.17) is 4.42 Å². The Morgan fingerprint density at radius 3 is 2.19 bits per heavy atom. The Bertz CT molecular complexity index is 1510. The highest BCUT2D eigenvalue weighted by molar-refractivity contribution is 7.89. The molecular weight excluding hydrogens is 506 g/mol. The normalized spacial score (nSPS) is 16.7. The maximum Gasteiger partial charge on any atom is 0.314 e. The maximum atomic E-state index is 13.6. The molecule has 3 aromatic heterocycles. The van der Waals surface area contributed by atoms with E-state index in [1.807, 2.05) is 0 Å². The molecule has 1 aliphatic heterocycles. The van der Waals surface area contributed by atoms with Crippen molar-refractivity contribution in [3.8, 4) is 11.5 Å². The number of hydrogen-bond donors (Lipinski definition) is 1. The molecule has 0 bridgehead atoms. The minimum Gasteiger partial charge on any atom is -0.415 e. The zero-order chi connectivity index (χ0) is 25.6. The summed E-state index contributed by atoms with van der Waals surface area (Å²) in [6.45, 7) is -0.202. The number of alkyl halides is 2. The Balaban J connectivity index is 1.56. The molecule has 1 aliphatic rings. The van der Waals surface area contributed by atoms with Gasteiger partial charge in [-0.15, -0.1) is 10.2 Å². The molecule has 4 aromatic rings. The van der Waals surface area contributed by atoms with Gasteiger partial charge in [0.15, 0.2) is 0 Å². The first-order chi connectivity index (χ1) is 17.1. The molecule has 14 heteroatoms. The molecule has 0 spiro atoms. The smallest absolute Gasteiger partial charge is 0.314 e. The van der Waals surface area contributed by atoms with Crippen LogP contribution in [0.3, 0.4) is 0 Å². The van der Waals surface area contributed by atoms with Gasteiger partial charge in [-0.05, 0) is 42.0 Å². The van der Waals surface area contributed by atoms with Gasteiger partial charge in [0.2, 0.25) is 15.9 Å². The number of hydrogen-bond acceptors (Lipinski definition) is 8. The summed E-state index contributed by atoms with van der Waals surface area (Å²) in [5.74, 6) is -2.54. The van der Waals surface area contributed by atoms with Crippen LogP contribution in [0.2, 0.25) is 0 Å². The monoisotopic (exact) mass is 521 g/mol. The summed E-state index contributed by atoms with van der Waals surface area (Å²) in [5, 5.41) is 17.9. The molecule has 36 heavy (non-hydrogen) atoms. The van der Waals surface area contributed by atoms with Gasteiger partial charge in [0.1, 0.15) is 17.7 Å². The van der Waals surface area contributed by atoms with E-state index in [1.54, 1.807) is 0 Å². The number of nitrogens with zero attached hydrogens (tertiary/aromatic N) is 5. The van der Waals surface area contributed by atoms with E-state index in [0.29, 0.717) is 5.56 Å². The number of aromatic nitrogens is 4. The van der Waals surface area contributed by atoms with Gasteiger partial charge in [0, 0.05) is 12.1 Å². The van der Waals surface area contributed by atoms with Crippen LogP contribution in [0.1, 0.15) is 41.4 Å². The molecular formula is C22H15F4N5O4S. The van der Waals surface area contributed by atoms with E-state index in [1.165, 1.54) is 30.3 Å². The van der Waals surface area contributed by atoms with Crippen molar-refractivity contribution in [1.29, 1.82) is 0 Å². The summed E-state index contributed by atoms with van der Waals surface area (Å²) in [6, 6.07) is 7.25. The van der Waals surface area contributed by atoms with Crippen molar-refractivity contribution < 1.29 is 35.5 Å². The fourth-order valence-electron chi connectivity index (χ4n) is 3.88. The van der Waals surface area contributed by atoms with Gasteiger partial charge < -0.3 is 9.52 Å². The fourth-order valence-corrected chi connectivity index (χ4v) is 5.70. The van der Waals surface area contributed by atoms with Crippen molar-refractivity contribution in [3.05, 3.63) is 89.3 Å². The van der Waals surface area contributed by atoms with Gasteiger partial charge in [-0.25, -0.2) is 17.2 Å². The van der Waals surface area contributed by atoms with Crippen molar-refractivity contribution in [2.75, 3.05) is 0 Å². The quantitative estimate of drug-likeness (QED) is 0.381. The van der Waals surface area contributed by atoms with Gasteiger partial charge in [-0.2, -0.15) is 13.1 Å². The number of rotatable bonds is 6. The van der Waals surface area contributed by atoms with Crippen LogP contribution in [0.4, 0.5) is 17.6 Å². The molecule has 0 amide bonds. The lowest BCUT2D eigenvalue weighted by atomic mass is 10.0. The molecule has 0 radical (unpaired) electrons. The number of benzene rings is 1. The van der Waals surface area contributed by atoms with Crippen LogP contribution >= 0.6 is 0 Å². The highest BCUT2D eigenvalue weighted by Crippen LogP contribution is 2.43. The number of fused-ring (bicyclic) bond motifs is 1. The first-order valence-corrected chi connectivity index (χ1v) is 11.8. The van der Waals surface area contributed by atoms with E-state index >= 15 is 0 Å². The Morgan fingerprint density at radius 1 is 0.944 bits per heavy atom. The standard InChI is InChI=1S/C22H15F4N5O4S/c23-13-3-5-15(27-8-13)18(19(32)16-6-4-14(24)9-28-16)31-10-12-2-1-11(7-17(12)36(31,33)34)21-29-30-22(35-21)20(25)26/h1-9,18-20,32H,10H2/t18-,19+/m0/s1. The van der Waals surface area contributed by atoms with Gasteiger partial charge >= 0.3 is 6.43 Å². The molecule has 0 fully saturated rings. The second-order valence-electron chi connectivity index (χ2n) is 7.81. The lowest BCUT2D eigenvalue weighted by Gasteiger charge is -2.29. The highest BCUT2D eigenvalue weighted by Gasteiger charge is 2.44. The SMILES string of the molecule is O=S1(=O)c2cc(-c3nnc(C(F)F)o3)ccc2CN1[C@@H](c1ccc(F)cn1)[C@H](O)c1ccc(F)cn1. The molecule has 5 rings (SSSR count). The molecule has 0 unspecified atom stereocenters. The van der Waals surface area contributed by atoms with E-state index in [0.717, 1.165) is 28.8 Å². The van der Waals surface area contributed by atoms with E-state index in [-0.39, 0.29) is 34.3 Å². The lowest BCUT2D eigenvalue weighted by molar-refractivity contribution is 0.0825. The van der Waals surface area contributed by atoms with Crippen LogP contribution < -0.4 is 0 Å². The van der Waals surface area contributed by atoms with E-state index in [9.17, 15) is 31.1 Å². The third kappa shape index (κ3) is 4.23. The molecule has 0 aliphatic carbocycles. The van der Waals surface area contributed by atoms with E-state index in [2.05, 4.69) is 20.2 Å². The highest BCUT2D eigenvalue weighted by atomic mass is 32.2. The van der Waals surface area contributed by atoms with Gasteiger partial charge in [0.25, 0.3) is 5.89 Å². The zero-order valence-corrected chi connectivity index (χ0v) is 18.8. The van der Waals surface area contributed by atoms with Crippen molar-refractivity contribution in [2.24, 2.45) is 0 Å². The number of halogens is 4. The van der Waals surface area contributed by atoms with Gasteiger partial charge in [0.05, 0.1) is 34.7 Å². The Hall–Kier alpha value is -3.75. The number of aliphatic hydroxyl groups is 1. The summed E-state index contributed by atoms with van der Waals surface area (Å²) in [6.07, 6.45) is -2.86. The van der Waals surface area contributed by atoms with Crippen LogP contribution in [0.25, 0.3) is 11.5 Å². The average molecular weight is 521 g/mol. The summed E-state index contributed by atoms with van der Waals surface area (Å²) >= 11 is 0. The van der Waals surface area contributed by atoms with Crippen LogP contribution in [0, 0.1) is 11.6 Å². The van der Waals surface area contributed by atoms with Crippen LogP contribution in [-0.2, 0) is 16.6 Å². The Labute approximate surface area is 201 Å². The maximum absolute atomic E-state index is 13.6. The average Bonchev–Trinajstić information content (AvgIpc) is 3.44. The van der Waals surface area contributed by atoms with Gasteiger partial charge in [-0.1, -0.05) is 6.07 Å². The largest absolute Gasteiger partial charge is 0.415 e. The molecule has 0 saturated heterocycles. The van der Waals surface area contributed by atoms with E-state index < -0.39 is 46.1 Å². The Kier molecular flexibility index (Phi) is 6.02. The summed E-state index contributed by atoms with van der Waals surface area (Å²) in [7, 11) is -4.31. The second kappa shape index (κ2) is 9.04. The summed E-state index contributed by atoms with van der Waals surface area (Å²) < 4.78 is 85.6. The second-order valence-corrected chi connectivity index (χ2v) is 9.67. The minimum absolute atomic E-state index is 0.0186. The fraction of sp³-hybridized carbons (Fsp3) is 0.182. The number of aliphatic hydroxyl groups excluding tert-OH is 1. The molecule has 186 valence electrons.